The summed E-state index contributed by atoms with van der Waals surface area (Å²) in [6.07, 6.45) is -0.328. The second kappa shape index (κ2) is 9.59. The summed E-state index contributed by atoms with van der Waals surface area (Å²) in [6.45, 7) is 4.67. The van der Waals surface area contributed by atoms with Gasteiger partial charge in [0.2, 0.25) is 0 Å². The van der Waals surface area contributed by atoms with Crippen LogP contribution in [0.4, 0.5) is 0 Å². The molecule has 1 heterocycles. The van der Waals surface area contributed by atoms with Crippen LogP contribution in [0.5, 0.6) is 5.75 Å². The molecule has 0 radical (unpaired) electrons. The van der Waals surface area contributed by atoms with Crippen LogP contribution >= 0.6 is 58.2 Å². The quantitative estimate of drug-likeness (QED) is 0.334. The van der Waals surface area contributed by atoms with Gasteiger partial charge < -0.3 is 9.30 Å². The van der Waals surface area contributed by atoms with E-state index in [2.05, 4.69) is 10.2 Å². The molecule has 2 aromatic carbocycles. The SMILES string of the molecule is CCn1c(SCc2ccc(Cl)c(Cl)c2)nnc1C(C)Oc1ccc(Cl)cc1Cl. The molecule has 1 unspecified atom stereocenters. The summed E-state index contributed by atoms with van der Waals surface area (Å²) in [6, 6.07) is 10.7. The van der Waals surface area contributed by atoms with Crippen molar-refractivity contribution in [3.63, 3.8) is 0 Å². The zero-order valence-electron chi connectivity index (χ0n) is 15.1. The lowest BCUT2D eigenvalue weighted by atomic mass is 10.2. The molecule has 0 aliphatic heterocycles. The van der Waals surface area contributed by atoms with E-state index in [4.69, 9.17) is 51.1 Å². The number of nitrogens with zero attached hydrogens (tertiary/aromatic N) is 3. The number of halogens is 4. The fourth-order valence-electron chi connectivity index (χ4n) is 2.60. The molecular formula is C19H17Cl4N3OS. The molecule has 148 valence electrons. The molecule has 0 saturated carbocycles. The van der Waals surface area contributed by atoms with Crippen LogP contribution in [0.15, 0.2) is 41.6 Å². The molecule has 0 aliphatic rings. The van der Waals surface area contributed by atoms with E-state index in [-0.39, 0.29) is 6.10 Å². The lowest BCUT2D eigenvalue weighted by molar-refractivity contribution is 0.210. The second-order valence-corrected chi connectivity index (χ2v) is 8.56. The van der Waals surface area contributed by atoms with E-state index in [1.54, 1.807) is 36.0 Å². The summed E-state index contributed by atoms with van der Waals surface area (Å²) in [4.78, 5) is 0. The number of aromatic nitrogens is 3. The average Bonchev–Trinajstić information content (AvgIpc) is 3.08. The molecule has 28 heavy (non-hydrogen) atoms. The zero-order chi connectivity index (χ0) is 20.3. The molecule has 0 fully saturated rings. The number of rotatable bonds is 7. The smallest absolute Gasteiger partial charge is 0.191 e. The number of benzene rings is 2. The first-order chi connectivity index (χ1) is 13.4. The normalized spacial score (nSPS) is 12.2. The molecule has 3 rings (SSSR count). The van der Waals surface area contributed by atoms with Crippen molar-refractivity contribution in [1.82, 2.24) is 14.8 Å². The van der Waals surface area contributed by atoms with Gasteiger partial charge in [-0.05, 0) is 49.7 Å². The lowest BCUT2D eigenvalue weighted by Crippen LogP contribution is -2.12. The van der Waals surface area contributed by atoms with Crippen LogP contribution in [-0.4, -0.2) is 14.8 Å². The van der Waals surface area contributed by atoms with Gasteiger partial charge in [-0.25, -0.2) is 0 Å². The van der Waals surface area contributed by atoms with Crippen molar-refractivity contribution in [2.45, 2.75) is 37.4 Å². The third kappa shape index (κ3) is 5.08. The molecule has 0 bridgehead atoms. The van der Waals surface area contributed by atoms with Gasteiger partial charge >= 0.3 is 0 Å². The Morgan fingerprint density at radius 2 is 1.79 bits per heavy atom. The summed E-state index contributed by atoms with van der Waals surface area (Å²) >= 11 is 25.8. The van der Waals surface area contributed by atoms with Gasteiger partial charge in [0.15, 0.2) is 17.1 Å². The Kier molecular flexibility index (Phi) is 7.40. The third-order valence-electron chi connectivity index (χ3n) is 3.97. The van der Waals surface area contributed by atoms with Gasteiger partial charge in [-0.3, -0.25) is 0 Å². The highest BCUT2D eigenvalue weighted by molar-refractivity contribution is 7.98. The zero-order valence-corrected chi connectivity index (χ0v) is 19.0. The van der Waals surface area contributed by atoms with Gasteiger partial charge in [0, 0.05) is 17.3 Å². The van der Waals surface area contributed by atoms with Crippen molar-refractivity contribution in [2.24, 2.45) is 0 Å². The topological polar surface area (TPSA) is 39.9 Å². The van der Waals surface area contributed by atoms with Gasteiger partial charge in [0.25, 0.3) is 0 Å². The molecule has 0 aliphatic carbocycles. The first kappa shape index (κ1) is 21.6. The van der Waals surface area contributed by atoms with Crippen molar-refractivity contribution in [1.29, 1.82) is 0 Å². The van der Waals surface area contributed by atoms with Gasteiger partial charge in [-0.15, -0.1) is 10.2 Å². The molecular weight excluding hydrogens is 460 g/mol. The Hall–Kier alpha value is -1.11. The minimum Gasteiger partial charge on any atom is -0.481 e. The van der Waals surface area contributed by atoms with Crippen LogP contribution < -0.4 is 4.74 Å². The van der Waals surface area contributed by atoms with E-state index in [0.717, 1.165) is 16.5 Å². The Morgan fingerprint density at radius 3 is 2.46 bits per heavy atom. The van der Waals surface area contributed by atoms with E-state index in [1.165, 1.54) is 0 Å². The number of hydrogen-bond acceptors (Lipinski definition) is 4. The fourth-order valence-corrected chi connectivity index (χ4v) is 4.32. The third-order valence-corrected chi connectivity index (χ3v) is 6.28. The van der Waals surface area contributed by atoms with Crippen LogP contribution in [0.3, 0.4) is 0 Å². The monoisotopic (exact) mass is 475 g/mol. The van der Waals surface area contributed by atoms with E-state index in [9.17, 15) is 0 Å². The van der Waals surface area contributed by atoms with E-state index < -0.39 is 0 Å². The maximum Gasteiger partial charge on any atom is 0.191 e. The molecule has 3 aromatic rings. The van der Waals surface area contributed by atoms with E-state index in [1.807, 2.05) is 30.5 Å². The minimum absolute atomic E-state index is 0.328. The maximum atomic E-state index is 6.20. The molecule has 0 spiro atoms. The Labute approximate surface area is 188 Å². The van der Waals surface area contributed by atoms with Crippen molar-refractivity contribution in [3.05, 3.63) is 67.9 Å². The fraction of sp³-hybridized carbons (Fsp3) is 0.263. The Morgan fingerprint density at radius 1 is 1.00 bits per heavy atom. The lowest BCUT2D eigenvalue weighted by Gasteiger charge is -2.16. The molecule has 4 nitrogen and oxygen atoms in total. The molecule has 0 amide bonds. The number of hydrogen-bond donors (Lipinski definition) is 0. The average molecular weight is 477 g/mol. The Balaban J connectivity index is 1.74. The van der Waals surface area contributed by atoms with E-state index >= 15 is 0 Å². The molecule has 1 atom stereocenters. The molecule has 0 N–H and O–H groups in total. The highest BCUT2D eigenvalue weighted by Crippen LogP contribution is 2.32. The standard InChI is InChI=1S/C19H17Cl4N3OS/c1-3-26-18(11(2)27-17-7-5-13(20)9-16(17)23)24-25-19(26)28-10-12-4-6-14(21)15(22)8-12/h4-9,11H,3,10H2,1-2H3. The first-order valence-electron chi connectivity index (χ1n) is 8.50. The van der Waals surface area contributed by atoms with Crippen molar-refractivity contribution in [2.75, 3.05) is 0 Å². The molecule has 0 saturated heterocycles. The van der Waals surface area contributed by atoms with Crippen LogP contribution in [0.2, 0.25) is 20.1 Å². The van der Waals surface area contributed by atoms with Crippen LogP contribution in [0.25, 0.3) is 0 Å². The van der Waals surface area contributed by atoms with Crippen LogP contribution in [0.1, 0.15) is 31.3 Å². The largest absolute Gasteiger partial charge is 0.481 e. The molecule has 9 heteroatoms. The van der Waals surface area contributed by atoms with Gasteiger partial charge in [-0.1, -0.05) is 64.2 Å². The highest BCUT2D eigenvalue weighted by atomic mass is 35.5. The number of thioether (sulfide) groups is 1. The van der Waals surface area contributed by atoms with Gasteiger partial charge in [0.1, 0.15) is 5.75 Å². The highest BCUT2D eigenvalue weighted by Gasteiger charge is 2.20. The van der Waals surface area contributed by atoms with Crippen molar-refractivity contribution < 1.29 is 4.74 Å². The summed E-state index contributed by atoms with van der Waals surface area (Å²) in [5.74, 6) is 1.98. The second-order valence-electron chi connectivity index (χ2n) is 5.96. The van der Waals surface area contributed by atoms with Gasteiger partial charge in [-0.2, -0.15) is 0 Å². The van der Waals surface area contributed by atoms with Crippen LogP contribution in [-0.2, 0) is 12.3 Å². The van der Waals surface area contributed by atoms with Crippen LogP contribution in [0, 0.1) is 0 Å². The Bertz CT molecular complexity index is 980. The maximum absolute atomic E-state index is 6.20. The van der Waals surface area contributed by atoms with Gasteiger partial charge in [0.05, 0.1) is 15.1 Å². The predicted molar refractivity (Wildman–Crippen MR) is 117 cm³/mol. The molecule has 1 aromatic heterocycles. The first-order valence-corrected chi connectivity index (χ1v) is 11.0. The summed E-state index contributed by atoms with van der Waals surface area (Å²) < 4.78 is 8.00. The number of ether oxygens (including phenoxy) is 1. The summed E-state index contributed by atoms with van der Waals surface area (Å²) in [5.41, 5.74) is 1.06. The van der Waals surface area contributed by atoms with Crippen molar-refractivity contribution in [3.8, 4) is 5.75 Å². The minimum atomic E-state index is -0.328. The van der Waals surface area contributed by atoms with E-state index in [0.29, 0.717) is 38.1 Å². The summed E-state index contributed by atoms with van der Waals surface area (Å²) in [5, 5.41) is 11.6. The van der Waals surface area contributed by atoms with Crippen molar-refractivity contribution >= 4 is 58.2 Å². The predicted octanol–water partition coefficient (Wildman–Crippen LogP) is 7.34. The summed E-state index contributed by atoms with van der Waals surface area (Å²) in [7, 11) is 0.